The van der Waals surface area contributed by atoms with E-state index in [-0.39, 0.29) is 11.7 Å². The number of rotatable bonds is 6. The number of carbonyl (C=O) groups is 1. The Morgan fingerprint density at radius 1 is 1.35 bits per heavy atom. The Morgan fingerprint density at radius 2 is 2.06 bits per heavy atom. The van der Waals surface area contributed by atoms with Crippen molar-refractivity contribution in [3.05, 3.63) is 29.8 Å². The molecule has 0 atom stereocenters. The third-order valence-corrected chi connectivity index (χ3v) is 2.32. The molecule has 1 aromatic carbocycles. The molecule has 0 saturated heterocycles. The summed E-state index contributed by atoms with van der Waals surface area (Å²) in [7, 11) is 0. The number of nitrogens with one attached hydrogen (secondary N) is 1. The van der Waals surface area contributed by atoms with Crippen molar-refractivity contribution in [3.8, 4) is 5.75 Å². The van der Waals surface area contributed by atoms with Gasteiger partial charge in [-0.05, 0) is 37.1 Å². The van der Waals surface area contributed by atoms with Crippen molar-refractivity contribution in [1.29, 1.82) is 0 Å². The zero-order valence-corrected chi connectivity index (χ0v) is 10.0. The molecule has 0 bridgehead atoms. The van der Waals surface area contributed by atoms with E-state index in [1.807, 2.05) is 0 Å². The zero-order chi connectivity index (χ0) is 12.5. The minimum atomic E-state index is -0.267. The average Bonchev–Trinajstić information content (AvgIpc) is 2.34. The summed E-state index contributed by atoms with van der Waals surface area (Å²) in [5, 5.41) is 12.9. The van der Waals surface area contributed by atoms with Crippen molar-refractivity contribution < 1.29 is 9.90 Å². The van der Waals surface area contributed by atoms with E-state index < -0.39 is 0 Å². The molecule has 4 heteroatoms. The summed E-state index contributed by atoms with van der Waals surface area (Å²) in [5.74, 6) is -0.124. The molecule has 0 aliphatic rings. The van der Waals surface area contributed by atoms with Crippen LogP contribution in [0.2, 0.25) is 0 Å². The van der Waals surface area contributed by atoms with Gasteiger partial charge < -0.3 is 5.11 Å². The van der Waals surface area contributed by atoms with Crippen molar-refractivity contribution in [3.63, 3.8) is 0 Å². The summed E-state index contributed by atoms with van der Waals surface area (Å²) < 4.78 is 0. The van der Waals surface area contributed by atoms with Crippen molar-refractivity contribution in [2.75, 3.05) is 0 Å². The first-order chi connectivity index (χ1) is 8.24. The number of carbonyl (C=O) groups excluding carboxylic acids is 1. The van der Waals surface area contributed by atoms with Crippen molar-refractivity contribution >= 4 is 12.1 Å². The van der Waals surface area contributed by atoms with Crippen LogP contribution < -0.4 is 5.43 Å². The van der Waals surface area contributed by atoms with Crippen molar-refractivity contribution in [2.24, 2.45) is 5.10 Å². The van der Waals surface area contributed by atoms with E-state index >= 15 is 0 Å². The van der Waals surface area contributed by atoms with Gasteiger partial charge in [-0.15, -0.1) is 0 Å². The van der Waals surface area contributed by atoms with E-state index in [9.17, 15) is 4.79 Å². The van der Waals surface area contributed by atoms with Crippen LogP contribution in [0.4, 0.5) is 0 Å². The molecule has 0 radical (unpaired) electrons. The van der Waals surface area contributed by atoms with Crippen LogP contribution in [0, 0.1) is 0 Å². The van der Waals surface area contributed by atoms with E-state index in [4.69, 9.17) is 5.11 Å². The summed E-state index contributed by atoms with van der Waals surface area (Å²) in [5.41, 5.74) is 2.92. The van der Waals surface area contributed by atoms with Crippen LogP contribution in [0.5, 0.6) is 5.75 Å². The van der Waals surface area contributed by atoms with Gasteiger partial charge in [0.25, 0.3) is 5.91 Å². The molecule has 0 saturated carbocycles. The minimum Gasteiger partial charge on any atom is -0.508 e. The van der Waals surface area contributed by atoms with E-state index in [0.717, 1.165) is 12.8 Å². The quantitative estimate of drug-likeness (QED) is 0.451. The number of hydrogen-bond donors (Lipinski definition) is 2. The van der Waals surface area contributed by atoms with Crippen LogP contribution in [0.15, 0.2) is 29.4 Å². The molecule has 0 aliphatic carbocycles. The first-order valence-electron chi connectivity index (χ1n) is 5.85. The van der Waals surface area contributed by atoms with Gasteiger partial charge in [0.1, 0.15) is 5.75 Å². The number of amides is 1. The van der Waals surface area contributed by atoms with E-state index in [2.05, 4.69) is 17.5 Å². The lowest BCUT2D eigenvalue weighted by Gasteiger charge is -1.99. The molecule has 0 fully saturated rings. The van der Waals surface area contributed by atoms with Crippen LogP contribution >= 0.6 is 0 Å². The maximum Gasteiger partial charge on any atom is 0.271 e. The summed E-state index contributed by atoms with van der Waals surface area (Å²) in [4.78, 5) is 11.5. The van der Waals surface area contributed by atoms with Crippen LogP contribution in [0.25, 0.3) is 0 Å². The second kappa shape index (κ2) is 7.44. The predicted molar refractivity (Wildman–Crippen MR) is 68.2 cm³/mol. The van der Waals surface area contributed by atoms with Gasteiger partial charge in [0.05, 0.1) is 0 Å². The lowest BCUT2D eigenvalue weighted by atomic mass is 10.2. The van der Waals surface area contributed by atoms with Crippen LogP contribution in [0.3, 0.4) is 0 Å². The SMILES string of the molecule is CCCCC/C=N\NC(=O)c1ccc(O)cc1. The van der Waals surface area contributed by atoms with Gasteiger partial charge in [-0.1, -0.05) is 19.8 Å². The van der Waals surface area contributed by atoms with E-state index in [1.54, 1.807) is 18.3 Å². The highest BCUT2D eigenvalue weighted by atomic mass is 16.3. The fraction of sp³-hybridized carbons (Fsp3) is 0.385. The maximum atomic E-state index is 11.5. The first-order valence-corrected chi connectivity index (χ1v) is 5.85. The lowest BCUT2D eigenvalue weighted by Crippen LogP contribution is -2.17. The van der Waals surface area contributed by atoms with Gasteiger partial charge in [-0.3, -0.25) is 4.79 Å². The summed E-state index contributed by atoms with van der Waals surface area (Å²) in [6.45, 7) is 2.14. The molecule has 2 N–H and O–H groups in total. The number of benzene rings is 1. The first kappa shape index (κ1) is 13.2. The summed E-state index contributed by atoms with van der Waals surface area (Å²) >= 11 is 0. The summed E-state index contributed by atoms with van der Waals surface area (Å²) in [6, 6.07) is 6.05. The zero-order valence-electron chi connectivity index (χ0n) is 10.0. The number of nitrogens with zero attached hydrogens (tertiary/aromatic N) is 1. The third kappa shape index (κ3) is 5.15. The normalized spacial score (nSPS) is 10.6. The number of hydrogen-bond acceptors (Lipinski definition) is 3. The molecule has 1 rings (SSSR count). The standard InChI is InChI=1S/C13H18N2O2/c1-2-3-4-5-10-14-15-13(17)11-6-8-12(16)9-7-11/h6-10,16H,2-5H2,1H3,(H,15,17)/b14-10-. The van der Waals surface area contributed by atoms with Gasteiger partial charge in [0.15, 0.2) is 0 Å². The number of hydrazone groups is 1. The molecule has 0 heterocycles. The third-order valence-electron chi connectivity index (χ3n) is 2.32. The Balaban J connectivity index is 2.32. The van der Waals surface area contributed by atoms with Gasteiger partial charge in [0.2, 0.25) is 0 Å². The van der Waals surface area contributed by atoms with Crippen molar-refractivity contribution in [2.45, 2.75) is 32.6 Å². The largest absolute Gasteiger partial charge is 0.508 e. The highest BCUT2D eigenvalue weighted by molar-refractivity contribution is 5.94. The molecule has 0 spiro atoms. The fourth-order valence-corrected chi connectivity index (χ4v) is 1.33. The smallest absolute Gasteiger partial charge is 0.271 e. The van der Waals surface area contributed by atoms with E-state index in [0.29, 0.717) is 5.56 Å². The van der Waals surface area contributed by atoms with Gasteiger partial charge in [-0.2, -0.15) is 5.10 Å². The molecule has 1 amide bonds. The molecule has 17 heavy (non-hydrogen) atoms. The molecule has 0 unspecified atom stereocenters. The summed E-state index contributed by atoms with van der Waals surface area (Å²) in [6.07, 6.45) is 6.04. The van der Waals surface area contributed by atoms with Crippen LogP contribution in [-0.4, -0.2) is 17.2 Å². The molecule has 0 aliphatic heterocycles. The molecule has 0 aromatic heterocycles. The molecule has 1 aromatic rings. The fourth-order valence-electron chi connectivity index (χ4n) is 1.33. The second-order valence-corrected chi connectivity index (χ2v) is 3.80. The minimum absolute atomic E-state index is 0.143. The molecular weight excluding hydrogens is 216 g/mol. The number of unbranched alkanes of at least 4 members (excludes halogenated alkanes) is 3. The maximum absolute atomic E-state index is 11.5. The van der Waals surface area contributed by atoms with E-state index in [1.165, 1.54) is 25.0 Å². The topological polar surface area (TPSA) is 61.7 Å². The number of aromatic hydroxyl groups is 1. The highest BCUT2D eigenvalue weighted by Gasteiger charge is 2.02. The van der Waals surface area contributed by atoms with Gasteiger partial charge in [0, 0.05) is 11.8 Å². The second-order valence-electron chi connectivity index (χ2n) is 3.80. The number of phenols is 1. The van der Waals surface area contributed by atoms with Gasteiger partial charge >= 0.3 is 0 Å². The van der Waals surface area contributed by atoms with Crippen LogP contribution in [-0.2, 0) is 0 Å². The Bertz CT molecular complexity index is 372. The predicted octanol–water partition coefficient (Wildman–Crippen LogP) is 2.69. The molecule has 4 nitrogen and oxygen atoms in total. The monoisotopic (exact) mass is 234 g/mol. The van der Waals surface area contributed by atoms with Gasteiger partial charge in [-0.25, -0.2) is 5.43 Å². The lowest BCUT2D eigenvalue weighted by molar-refractivity contribution is 0.0955. The van der Waals surface area contributed by atoms with Crippen LogP contribution in [0.1, 0.15) is 43.0 Å². The Morgan fingerprint density at radius 3 is 2.71 bits per heavy atom. The molecule has 92 valence electrons. The van der Waals surface area contributed by atoms with Crippen molar-refractivity contribution in [1.82, 2.24) is 5.43 Å². The Hall–Kier alpha value is -1.84. The Kier molecular flexibility index (Phi) is 5.79. The highest BCUT2D eigenvalue weighted by Crippen LogP contribution is 2.09. The number of phenolic OH excluding ortho intramolecular Hbond substituents is 1. The average molecular weight is 234 g/mol. The molecular formula is C13H18N2O2. The Labute approximate surface area is 101 Å².